The Bertz CT molecular complexity index is 154. The van der Waals surface area contributed by atoms with E-state index in [-0.39, 0.29) is 0 Å². The van der Waals surface area contributed by atoms with Crippen molar-refractivity contribution < 1.29 is 4.79 Å². The standard InChI is InChI=1S/C11H23NO/c1-9(2)7-12(5)8-10(3)6-11(4)13/h9-10H,6-8H2,1-5H3/t10-/m1/s1. The first-order valence-electron chi connectivity index (χ1n) is 5.09. The number of hydrogen-bond acceptors (Lipinski definition) is 2. The number of carbonyl (C=O) groups excluding carboxylic acids is 1. The lowest BCUT2D eigenvalue weighted by molar-refractivity contribution is -0.117. The van der Waals surface area contributed by atoms with E-state index in [1.807, 2.05) is 0 Å². The van der Waals surface area contributed by atoms with Crippen LogP contribution in [-0.4, -0.2) is 30.8 Å². The summed E-state index contributed by atoms with van der Waals surface area (Å²) in [7, 11) is 2.12. The van der Waals surface area contributed by atoms with Crippen LogP contribution in [-0.2, 0) is 4.79 Å². The molecule has 0 spiro atoms. The summed E-state index contributed by atoms with van der Waals surface area (Å²) in [5, 5.41) is 0. The Hall–Kier alpha value is -0.370. The molecule has 0 amide bonds. The Morgan fingerprint density at radius 2 is 1.77 bits per heavy atom. The summed E-state index contributed by atoms with van der Waals surface area (Å²) in [6, 6.07) is 0. The zero-order valence-corrected chi connectivity index (χ0v) is 9.63. The molecule has 2 nitrogen and oxygen atoms in total. The molecule has 13 heavy (non-hydrogen) atoms. The van der Waals surface area contributed by atoms with Crippen LogP contribution < -0.4 is 0 Å². The fraction of sp³-hybridized carbons (Fsp3) is 0.909. The van der Waals surface area contributed by atoms with Crippen LogP contribution in [0.25, 0.3) is 0 Å². The van der Waals surface area contributed by atoms with Gasteiger partial charge in [-0.3, -0.25) is 0 Å². The van der Waals surface area contributed by atoms with Crippen LogP contribution in [0.2, 0.25) is 0 Å². The largest absolute Gasteiger partial charge is 0.306 e. The van der Waals surface area contributed by atoms with E-state index in [9.17, 15) is 4.79 Å². The first-order valence-corrected chi connectivity index (χ1v) is 5.09. The molecule has 0 heterocycles. The second kappa shape index (κ2) is 6.14. The van der Waals surface area contributed by atoms with Crippen molar-refractivity contribution in [2.45, 2.75) is 34.1 Å². The Morgan fingerprint density at radius 3 is 2.15 bits per heavy atom. The minimum atomic E-state index is 0.297. The van der Waals surface area contributed by atoms with E-state index < -0.39 is 0 Å². The summed E-state index contributed by atoms with van der Waals surface area (Å²) >= 11 is 0. The van der Waals surface area contributed by atoms with Gasteiger partial charge in [0.2, 0.25) is 0 Å². The van der Waals surface area contributed by atoms with Crippen LogP contribution in [0, 0.1) is 11.8 Å². The zero-order valence-electron chi connectivity index (χ0n) is 9.63. The van der Waals surface area contributed by atoms with Crippen LogP contribution >= 0.6 is 0 Å². The van der Waals surface area contributed by atoms with Gasteiger partial charge < -0.3 is 9.69 Å². The molecule has 0 aliphatic rings. The van der Waals surface area contributed by atoms with E-state index in [1.54, 1.807) is 6.92 Å². The van der Waals surface area contributed by atoms with Gasteiger partial charge >= 0.3 is 0 Å². The van der Waals surface area contributed by atoms with Gasteiger partial charge in [0.05, 0.1) is 0 Å². The molecule has 2 heteroatoms. The van der Waals surface area contributed by atoms with Crippen molar-refractivity contribution in [3.8, 4) is 0 Å². The van der Waals surface area contributed by atoms with Gasteiger partial charge in [-0.1, -0.05) is 20.8 Å². The lowest BCUT2D eigenvalue weighted by Crippen LogP contribution is -2.28. The molecule has 1 atom stereocenters. The third kappa shape index (κ3) is 7.97. The Morgan fingerprint density at radius 1 is 1.23 bits per heavy atom. The first kappa shape index (κ1) is 12.6. The summed E-state index contributed by atoms with van der Waals surface area (Å²) in [5.41, 5.74) is 0. The molecule has 0 aromatic heterocycles. The first-order chi connectivity index (χ1) is 5.91. The van der Waals surface area contributed by atoms with E-state index in [0.29, 0.717) is 24.0 Å². The minimum Gasteiger partial charge on any atom is -0.306 e. The molecule has 0 rings (SSSR count). The molecule has 0 aliphatic carbocycles. The number of hydrogen-bond donors (Lipinski definition) is 0. The smallest absolute Gasteiger partial charge is 0.130 e. The van der Waals surface area contributed by atoms with Gasteiger partial charge in [-0.2, -0.15) is 0 Å². The molecule has 0 N–H and O–H groups in total. The summed E-state index contributed by atoms with van der Waals surface area (Å²) in [6.07, 6.45) is 0.711. The van der Waals surface area contributed by atoms with E-state index in [0.717, 1.165) is 13.1 Å². The third-order valence-corrected chi connectivity index (χ3v) is 1.94. The molecule has 78 valence electrons. The van der Waals surface area contributed by atoms with Crippen molar-refractivity contribution in [2.24, 2.45) is 11.8 Å². The average Bonchev–Trinajstić information content (AvgIpc) is 1.80. The van der Waals surface area contributed by atoms with Crippen molar-refractivity contribution in [2.75, 3.05) is 20.1 Å². The number of nitrogens with zero attached hydrogens (tertiary/aromatic N) is 1. The topological polar surface area (TPSA) is 20.3 Å². The lowest BCUT2D eigenvalue weighted by atomic mass is 10.0. The van der Waals surface area contributed by atoms with Gasteiger partial charge in [0.15, 0.2) is 0 Å². The fourth-order valence-electron chi connectivity index (χ4n) is 1.79. The molecule has 0 unspecified atom stereocenters. The quantitative estimate of drug-likeness (QED) is 0.632. The summed E-state index contributed by atoms with van der Waals surface area (Å²) in [5.74, 6) is 1.49. The number of Topliss-reactive ketones (excluding diaryl/α,β-unsaturated/α-hetero) is 1. The second-order valence-electron chi connectivity index (χ2n) is 4.63. The van der Waals surface area contributed by atoms with Crippen LogP contribution in [0.4, 0.5) is 0 Å². The van der Waals surface area contributed by atoms with Crippen LogP contribution in [0.15, 0.2) is 0 Å². The maximum atomic E-state index is 10.8. The predicted octanol–water partition coefficient (Wildman–Crippen LogP) is 2.19. The highest BCUT2D eigenvalue weighted by Crippen LogP contribution is 2.06. The molecule has 0 aromatic carbocycles. The SMILES string of the molecule is CC(=O)C[C@@H](C)CN(C)CC(C)C. The van der Waals surface area contributed by atoms with Gasteiger partial charge in [-0.25, -0.2) is 0 Å². The Balaban J connectivity index is 3.64. The number of carbonyl (C=O) groups is 1. The molecule has 0 bridgehead atoms. The number of rotatable bonds is 6. The highest BCUT2D eigenvalue weighted by atomic mass is 16.1. The zero-order chi connectivity index (χ0) is 10.4. The van der Waals surface area contributed by atoms with Crippen molar-refractivity contribution >= 4 is 5.78 Å². The van der Waals surface area contributed by atoms with E-state index >= 15 is 0 Å². The van der Waals surface area contributed by atoms with Gasteiger partial charge in [0.25, 0.3) is 0 Å². The highest BCUT2D eigenvalue weighted by molar-refractivity contribution is 5.75. The van der Waals surface area contributed by atoms with Crippen LogP contribution in [0.5, 0.6) is 0 Å². The summed E-state index contributed by atoms with van der Waals surface area (Å²) < 4.78 is 0. The van der Waals surface area contributed by atoms with Crippen molar-refractivity contribution in [3.63, 3.8) is 0 Å². The third-order valence-electron chi connectivity index (χ3n) is 1.94. The molecule has 0 fully saturated rings. The molecule has 0 aromatic rings. The van der Waals surface area contributed by atoms with E-state index in [1.165, 1.54) is 0 Å². The highest BCUT2D eigenvalue weighted by Gasteiger charge is 2.09. The van der Waals surface area contributed by atoms with E-state index in [2.05, 4.69) is 32.7 Å². The summed E-state index contributed by atoms with van der Waals surface area (Å²) in [6.45, 7) is 10.4. The molecule has 0 saturated carbocycles. The minimum absolute atomic E-state index is 0.297. The molecule has 0 radical (unpaired) electrons. The van der Waals surface area contributed by atoms with Crippen molar-refractivity contribution in [3.05, 3.63) is 0 Å². The van der Waals surface area contributed by atoms with E-state index in [4.69, 9.17) is 0 Å². The van der Waals surface area contributed by atoms with Gasteiger partial charge in [0.1, 0.15) is 5.78 Å². The van der Waals surface area contributed by atoms with Crippen LogP contribution in [0.3, 0.4) is 0 Å². The fourth-order valence-corrected chi connectivity index (χ4v) is 1.79. The Labute approximate surface area is 82.3 Å². The summed E-state index contributed by atoms with van der Waals surface area (Å²) in [4.78, 5) is 13.1. The predicted molar refractivity (Wildman–Crippen MR) is 56.8 cm³/mol. The molecular formula is C11H23NO. The second-order valence-corrected chi connectivity index (χ2v) is 4.63. The average molecular weight is 185 g/mol. The lowest BCUT2D eigenvalue weighted by Gasteiger charge is -2.22. The van der Waals surface area contributed by atoms with Gasteiger partial charge in [-0.05, 0) is 25.8 Å². The molecular weight excluding hydrogens is 162 g/mol. The maximum Gasteiger partial charge on any atom is 0.130 e. The molecule has 0 aliphatic heterocycles. The maximum absolute atomic E-state index is 10.8. The Kier molecular flexibility index (Phi) is 5.97. The van der Waals surface area contributed by atoms with Crippen molar-refractivity contribution in [1.82, 2.24) is 4.90 Å². The number of ketones is 1. The van der Waals surface area contributed by atoms with Crippen LogP contribution in [0.1, 0.15) is 34.1 Å². The van der Waals surface area contributed by atoms with Gasteiger partial charge in [0, 0.05) is 19.5 Å². The van der Waals surface area contributed by atoms with Crippen molar-refractivity contribution in [1.29, 1.82) is 0 Å². The normalized spacial score (nSPS) is 13.8. The molecule has 0 saturated heterocycles. The monoisotopic (exact) mass is 185 g/mol. The van der Waals surface area contributed by atoms with Gasteiger partial charge in [-0.15, -0.1) is 0 Å².